The van der Waals surface area contributed by atoms with Gasteiger partial charge in [0.2, 0.25) is 0 Å². The van der Waals surface area contributed by atoms with Crippen LogP contribution in [0.25, 0.3) is 11.3 Å². The second-order valence-corrected chi connectivity index (χ2v) is 8.39. The number of ether oxygens (including phenoxy) is 2. The van der Waals surface area contributed by atoms with Gasteiger partial charge in [0.25, 0.3) is 0 Å². The number of anilines is 1. The lowest BCUT2D eigenvalue weighted by Gasteiger charge is -2.22. The van der Waals surface area contributed by atoms with Gasteiger partial charge in [-0.1, -0.05) is 47.5 Å². The molecule has 4 rings (SSSR count). The van der Waals surface area contributed by atoms with Crippen LogP contribution in [0.4, 0.5) is 5.82 Å². The molecule has 0 radical (unpaired) electrons. The third-order valence-corrected chi connectivity index (χ3v) is 6.07. The topological polar surface area (TPSA) is 56.3 Å². The molecule has 1 aliphatic rings. The second kappa shape index (κ2) is 10.3. The molecule has 0 bridgehead atoms. The molecule has 0 amide bonds. The summed E-state index contributed by atoms with van der Waals surface area (Å²) < 4.78 is 10.9. The molecule has 5 nitrogen and oxygen atoms in total. The zero-order chi connectivity index (χ0) is 21.6. The highest BCUT2D eigenvalue weighted by molar-refractivity contribution is 6.35. The number of hydrogen-bond acceptors (Lipinski definition) is 5. The molecule has 7 heteroatoms. The van der Waals surface area contributed by atoms with Crippen LogP contribution in [-0.4, -0.2) is 36.8 Å². The molecule has 31 heavy (non-hydrogen) atoms. The maximum atomic E-state index is 6.28. The van der Waals surface area contributed by atoms with Gasteiger partial charge in [0.15, 0.2) is 0 Å². The molecule has 3 aromatic rings. The van der Waals surface area contributed by atoms with Gasteiger partial charge >= 0.3 is 6.01 Å². The number of rotatable bonds is 7. The van der Waals surface area contributed by atoms with Crippen LogP contribution < -0.4 is 10.1 Å². The Morgan fingerprint density at radius 3 is 2.68 bits per heavy atom. The Hall–Kier alpha value is -2.34. The molecule has 0 saturated carbocycles. The quantitative estimate of drug-likeness (QED) is 0.470. The summed E-state index contributed by atoms with van der Waals surface area (Å²) in [4.78, 5) is 9.01. The number of nitrogens with zero attached hydrogens (tertiary/aromatic N) is 2. The minimum Gasteiger partial charge on any atom is -0.467 e. The van der Waals surface area contributed by atoms with E-state index in [1.807, 2.05) is 18.2 Å². The summed E-state index contributed by atoms with van der Waals surface area (Å²) in [6, 6.07) is 16.4. The lowest BCUT2D eigenvalue weighted by Crippen LogP contribution is -2.14. The van der Waals surface area contributed by atoms with Crippen molar-refractivity contribution in [1.29, 1.82) is 0 Å². The minimum absolute atomic E-state index is 0.334. The highest BCUT2D eigenvalue weighted by Crippen LogP contribution is 2.31. The number of aromatic nitrogens is 2. The lowest BCUT2D eigenvalue weighted by molar-refractivity contribution is 0.0853. The molecular formula is C24H25Cl2N3O2. The van der Waals surface area contributed by atoms with Gasteiger partial charge in [0.1, 0.15) is 5.82 Å². The molecule has 1 N–H and O–H groups in total. The maximum Gasteiger partial charge on any atom is 0.318 e. The summed E-state index contributed by atoms with van der Waals surface area (Å²) in [6.07, 6.45) is 2.85. The van der Waals surface area contributed by atoms with E-state index in [0.717, 1.165) is 49.3 Å². The highest BCUT2D eigenvalue weighted by atomic mass is 35.5. The molecule has 2 aromatic carbocycles. The van der Waals surface area contributed by atoms with Crippen molar-refractivity contribution in [3.05, 3.63) is 69.7 Å². The van der Waals surface area contributed by atoms with Crippen molar-refractivity contribution in [1.82, 2.24) is 9.97 Å². The van der Waals surface area contributed by atoms with E-state index in [2.05, 4.69) is 39.6 Å². The molecule has 0 aliphatic carbocycles. The van der Waals surface area contributed by atoms with Gasteiger partial charge in [-0.3, -0.25) is 0 Å². The third-order valence-electron chi connectivity index (χ3n) is 5.48. The SMILES string of the molecule is COc1nc(NCCc2ccc(Cl)cc2Cl)cc(-c2cccc(C3CCOCC3)c2)n1. The Bertz CT molecular complexity index is 1040. The van der Waals surface area contributed by atoms with E-state index in [-0.39, 0.29) is 0 Å². The van der Waals surface area contributed by atoms with E-state index in [4.69, 9.17) is 32.7 Å². The standard InChI is InChI=1S/C24H25Cl2N3O2/c1-30-24-28-22(19-4-2-3-18(13-19)16-8-11-31-12-9-16)15-23(29-24)27-10-7-17-5-6-20(25)14-21(17)26/h2-6,13-16H,7-12H2,1H3,(H,27,28,29). The molecule has 162 valence electrons. The first-order chi connectivity index (χ1) is 15.1. The van der Waals surface area contributed by atoms with E-state index in [0.29, 0.717) is 34.3 Å². The Balaban J connectivity index is 1.51. The van der Waals surface area contributed by atoms with Gasteiger partial charge < -0.3 is 14.8 Å². The van der Waals surface area contributed by atoms with E-state index in [9.17, 15) is 0 Å². The van der Waals surface area contributed by atoms with Crippen LogP contribution >= 0.6 is 23.2 Å². The molecule has 2 heterocycles. The molecule has 0 unspecified atom stereocenters. The molecular weight excluding hydrogens is 433 g/mol. The van der Waals surface area contributed by atoms with Crippen molar-refractivity contribution >= 4 is 29.0 Å². The van der Waals surface area contributed by atoms with Crippen LogP contribution in [0, 0.1) is 0 Å². The third kappa shape index (κ3) is 5.67. The first kappa shape index (κ1) is 21.9. The Morgan fingerprint density at radius 1 is 1.06 bits per heavy atom. The van der Waals surface area contributed by atoms with E-state index in [1.54, 1.807) is 13.2 Å². The predicted octanol–water partition coefficient (Wildman–Crippen LogP) is 6.01. The average molecular weight is 458 g/mol. The van der Waals surface area contributed by atoms with E-state index >= 15 is 0 Å². The van der Waals surface area contributed by atoms with Gasteiger partial charge in [0.05, 0.1) is 12.8 Å². The highest BCUT2D eigenvalue weighted by Gasteiger charge is 2.17. The van der Waals surface area contributed by atoms with Crippen LogP contribution in [0.15, 0.2) is 48.5 Å². The molecule has 1 aliphatic heterocycles. The van der Waals surface area contributed by atoms with Crippen LogP contribution in [0.5, 0.6) is 6.01 Å². The van der Waals surface area contributed by atoms with Crippen LogP contribution in [0.3, 0.4) is 0 Å². The normalized spacial score (nSPS) is 14.4. The largest absolute Gasteiger partial charge is 0.467 e. The molecule has 1 saturated heterocycles. The van der Waals surface area contributed by atoms with Gasteiger partial charge in [-0.05, 0) is 54.5 Å². The summed E-state index contributed by atoms with van der Waals surface area (Å²) in [5.74, 6) is 1.24. The van der Waals surface area contributed by atoms with Gasteiger partial charge in [-0.2, -0.15) is 9.97 Å². The minimum atomic E-state index is 0.334. The number of nitrogens with one attached hydrogen (secondary N) is 1. The van der Waals surface area contributed by atoms with Crippen molar-refractivity contribution in [2.45, 2.75) is 25.2 Å². The van der Waals surface area contributed by atoms with Gasteiger partial charge in [-0.15, -0.1) is 0 Å². The molecule has 0 spiro atoms. The van der Waals surface area contributed by atoms with Crippen molar-refractivity contribution in [2.75, 3.05) is 32.2 Å². The fourth-order valence-corrected chi connectivity index (χ4v) is 4.29. The molecule has 1 aromatic heterocycles. The fourth-order valence-electron chi connectivity index (χ4n) is 3.79. The smallest absolute Gasteiger partial charge is 0.318 e. The summed E-state index contributed by atoms with van der Waals surface area (Å²) >= 11 is 12.3. The van der Waals surface area contributed by atoms with Gasteiger partial charge in [0, 0.05) is 41.4 Å². The van der Waals surface area contributed by atoms with Crippen molar-refractivity contribution < 1.29 is 9.47 Å². The number of hydrogen-bond donors (Lipinski definition) is 1. The Morgan fingerprint density at radius 2 is 1.90 bits per heavy atom. The predicted molar refractivity (Wildman–Crippen MR) is 125 cm³/mol. The van der Waals surface area contributed by atoms with Crippen molar-refractivity contribution in [2.24, 2.45) is 0 Å². The summed E-state index contributed by atoms with van der Waals surface area (Å²) in [5.41, 5.74) is 4.23. The first-order valence-corrected chi connectivity index (χ1v) is 11.2. The summed E-state index contributed by atoms with van der Waals surface area (Å²) in [6.45, 7) is 2.31. The number of halogens is 2. The van der Waals surface area contributed by atoms with Crippen LogP contribution in [-0.2, 0) is 11.2 Å². The average Bonchev–Trinajstić information content (AvgIpc) is 2.81. The molecule has 0 atom stereocenters. The van der Waals surface area contributed by atoms with Gasteiger partial charge in [-0.25, -0.2) is 0 Å². The van der Waals surface area contributed by atoms with Crippen LogP contribution in [0.1, 0.15) is 29.9 Å². The monoisotopic (exact) mass is 457 g/mol. The number of benzene rings is 2. The van der Waals surface area contributed by atoms with E-state index in [1.165, 1.54) is 5.56 Å². The van der Waals surface area contributed by atoms with E-state index < -0.39 is 0 Å². The number of methoxy groups -OCH3 is 1. The Labute approximate surface area is 192 Å². The summed E-state index contributed by atoms with van der Waals surface area (Å²) in [7, 11) is 1.58. The summed E-state index contributed by atoms with van der Waals surface area (Å²) in [5, 5.41) is 4.66. The maximum absolute atomic E-state index is 6.28. The molecule has 1 fully saturated rings. The first-order valence-electron chi connectivity index (χ1n) is 10.4. The van der Waals surface area contributed by atoms with Crippen molar-refractivity contribution in [3.8, 4) is 17.3 Å². The fraction of sp³-hybridized carbons (Fsp3) is 0.333. The zero-order valence-electron chi connectivity index (χ0n) is 17.4. The Kier molecular flexibility index (Phi) is 7.28. The van der Waals surface area contributed by atoms with Crippen LogP contribution in [0.2, 0.25) is 10.0 Å². The second-order valence-electron chi connectivity index (χ2n) is 7.55. The van der Waals surface area contributed by atoms with Crippen molar-refractivity contribution in [3.63, 3.8) is 0 Å². The lowest BCUT2D eigenvalue weighted by atomic mass is 9.90. The zero-order valence-corrected chi connectivity index (χ0v) is 18.9.